The highest BCUT2D eigenvalue weighted by Crippen LogP contribution is 2.27. The second-order valence-corrected chi connectivity index (χ2v) is 4.49. The molecule has 1 N–H and O–H groups in total. The van der Waals surface area contributed by atoms with Crippen molar-refractivity contribution in [3.63, 3.8) is 0 Å². The largest absolute Gasteiger partial charge is 0.497 e. The average molecular weight is 256 g/mol. The van der Waals surface area contributed by atoms with E-state index in [4.69, 9.17) is 4.74 Å². The maximum absolute atomic E-state index is 5.27. The van der Waals surface area contributed by atoms with Gasteiger partial charge < -0.3 is 10.1 Å². The van der Waals surface area contributed by atoms with E-state index in [1.54, 1.807) is 7.11 Å². The maximum Gasteiger partial charge on any atom is 0.119 e. The molecule has 3 nitrogen and oxygen atoms in total. The minimum Gasteiger partial charge on any atom is -0.497 e. The molecule has 1 atom stereocenters. The van der Waals surface area contributed by atoms with Gasteiger partial charge in [-0.05, 0) is 54.4 Å². The van der Waals surface area contributed by atoms with Crippen LogP contribution in [0, 0.1) is 6.92 Å². The maximum atomic E-state index is 5.27. The number of methoxy groups -OCH3 is 1. The van der Waals surface area contributed by atoms with E-state index in [9.17, 15) is 0 Å². The normalized spacial score (nSPS) is 12.2. The van der Waals surface area contributed by atoms with Gasteiger partial charge in [-0.15, -0.1) is 0 Å². The van der Waals surface area contributed by atoms with E-state index in [0.29, 0.717) is 0 Å². The highest BCUT2D eigenvalue weighted by molar-refractivity contribution is 5.40. The Morgan fingerprint density at radius 2 is 1.95 bits per heavy atom. The molecule has 0 aliphatic carbocycles. The summed E-state index contributed by atoms with van der Waals surface area (Å²) in [6, 6.07) is 10.5. The van der Waals surface area contributed by atoms with Crippen LogP contribution in [0.15, 0.2) is 42.7 Å². The Morgan fingerprint density at radius 1 is 1.21 bits per heavy atom. The average Bonchev–Trinajstić information content (AvgIpc) is 2.46. The Bertz CT molecular complexity index is 526. The van der Waals surface area contributed by atoms with Gasteiger partial charge in [0, 0.05) is 12.4 Å². The number of aromatic nitrogens is 1. The summed E-state index contributed by atoms with van der Waals surface area (Å²) in [6.45, 7) is 5.15. The highest BCUT2D eigenvalue weighted by atomic mass is 16.5. The molecule has 0 fully saturated rings. The first kappa shape index (κ1) is 13.6. The van der Waals surface area contributed by atoms with E-state index in [-0.39, 0.29) is 6.04 Å². The molecule has 1 aromatic carbocycles. The first-order chi connectivity index (χ1) is 9.26. The van der Waals surface area contributed by atoms with Gasteiger partial charge in [-0.3, -0.25) is 4.98 Å². The molecule has 0 spiro atoms. The van der Waals surface area contributed by atoms with Gasteiger partial charge in [0.1, 0.15) is 5.75 Å². The first-order valence-corrected chi connectivity index (χ1v) is 6.54. The number of benzene rings is 1. The smallest absolute Gasteiger partial charge is 0.119 e. The van der Waals surface area contributed by atoms with E-state index >= 15 is 0 Å². The molecule has 1 aromatic heterocycles. The second kappa shape index (κ2) is 6.34. The summed E-state index contributed by atoms with van der Waals surface area (Å²) in [5, 5.41) is 3.52. The topological polar surface area (TPSA) is 34.2 Å². The van der Waals surface area contributed by atoms with Gasteiger partial charge in [0.2, 0.25) is 0 Å². The quantitative estimate of drug-likeness (QED) is 0.892. The predicted octanol–water partition coefficient (Wildman–Crippen LogP) is 3.10. The van der Waals surface area contributed by atoms with Crippen LogP contribution in [0.5, 0.6) is 5.75 Å². The van der Waals surface area contributed by atoms with E-state index < -0.39 is 0 Å². The molecule has 3 heteroatoms. The van der Waals surface area contributed by atoms with Gasteiger partial charge >= 0.3 is 0 Å². The fourth-order valence-corrected chi connectivity index (χ4v) is 2.27. The molecule has 1 unspecified atom stereocenters. The third-order valence-electron chi connectivity index (χ3n) is 3.24. The molecule has 0 radical (unpaired) electrons. The third kappa shape index (κ3) is 3.12. The number of nitrogens with zero attached hydrogens (tertiary/aromatic N) is 1. The zero-order valence-electron chi connectivity index (χ0n) is 11.7. The van der Waals surface area contributed by atoms with Crippen LogP contribution >= 0.6 is 0 Å². The Labute approximate surface area is 114 Å². The van der Waals surface area contributed by atoms with E-state index in [1.807, 2.05) is 18.5 Å². The number of aryl methyl sites for hydroxylation is 1. The van der Waals surface area contributed by atoms with Crippen molar-refractivity contribution in [3.8, 4) is 5.75 Å². The lowest BCUT2D eigenvalue weighted by atomic mass is 9.95. The van der Waals surface area contributed by atoms with Crippen molar-refractivity contribution in [1.82, 2.24) is 10.3 Å². The summed E-state index contributed by atoms with van der Waals surface area (Å²) in [4.78, 5) is 4.08. The minimum absolute atomic E-state index is 0.193. The van der Waals surface area contributed by atoms with Crippen molar-refractivity contribution in [1.29, 1.82) is 0 Å². The minimum atomic E-state index is 0.193. The van der Waals surface area contributed by atoms with Crippen molar-refractivity contribution >= 4 is 0 Å². The number of rotatable bonds is 5. The van der Waals surface area contributed by atoms with Gasteiger partial charge in [0.05, 0.1) is 13.2 Å². The van der Waals surface area contributed by atoms with Crippen LogP contribution in [0.4, 0.5) is 0 Å². The first-order valence-electron chi connectivity index (χ1n) is 6.54. The number of ether oxygens (including phenoxy) is 1. The molecule has 0 bridgehead atoms. The lowest BCUT2D eigenvalue weighted by molar-refractivity contribution is 0.414. The summed E-state index contributed by atoms with van der Waals surface area (Å²) < 4.78 is 5.27. The molecular weight excluding hydrogens is 236 g/mol. The van der Waals surface area contributed by atoms with Gasteiger partial charge in [0.25, 0.3) is 0 Å². The van der Waals surface area contributed by atoms with Crippen molar-refractivity contribution in [2.24, 2.45) is 0 Å². The van der Waals surface area contributed by atoms with Crippen LogP contribution in [-0.2, 0) is 0 Å². The predicted molar refractivity (Wildman–Crippen MR) is 77.5 cm³/mol. The van der Waals surface area contributed by atoms with Crippen LogP contribution in [0.1, 0.15) is 29.7 Å². The van der Waals surface area contributed by atoms with Crippen molar-refractivity contribution in [3.05, 3.63) is 59.4 Å². The van der Waals surface area contributed by atoms with Gasteiger partial charge in [-0.25, -0.2) is 0 Å². The number of hydrogen-bond donors (Lipinski definition) is 1. The second-order valence-electron chi connectivity index (χ2n) is 4.49. The molecule has 100 valence electrons. The standard InChI is InChI=1S/C16H20N2O/c1-4-18-16(13-7-9-17-10-8-13)15-6-5-14(19-3)11-12(15)2/h5-11,16,18H,4H2,1-3H3. The van der Waals surface area contributed by atoms with Gasteiger partial charge in [-0.1, -0.05) is 13.0 Å². The summed E-state index contributed by atoms with van der Waals surface area (Å²) in [6.07, 6.45) is 3.66. The van der Waals surface area contributed by atoms with Crippen molar-refractivity contribution < 1.29 is 4.74 Å². The molecular formula is C16H20N2O. The Morgan fingerprint density at radius 3 is 2.53 bits per heavy atom. The SMILES string of the molecule is CCNC(c1ccncc1)c1ccc(OC)cc1C. The molecule has 0 saturated carbocycles. The summed E-state index contributed by atoms with van der Waals surface area (Å²) >= 11 is 0. The van der Waals surface area contributed by atoms with Crippen LogP contribution in [0.2, 0.25) is 0 Å². The molecule has 2 aromatic rings. The van der Waals surface area contributed by atoms with Gasteiger partial charge in [0.15, 0.2) is 0 Å². The molecule has 0 aliphatic rings. The van der Waals surface area contributed by atoms with Crippen molar-refractivity contribution in [2.75, 3.05) is 13.7 Å². The number of pyridine rings is 1. The number of nitrogens with one attached hydrogen (secondary N) is 1. The Kier molecular flexibility index (Phi) is 4.53. The molecule has 0 aliphatic heterocycles. The van der Waals surface area contributed by atoms with Crippen LogP contribution in [-0.4, -0.2) is 18.6 Å². The van der Waals surface area contributed by atoms with Crippen LogP contribution < -0.4 is 10.1 Å². The highest BCUT2D eigenvalue weighted by Gasteiger charge is 2.15. The fraction of sp³-hybridized carbons (Fsp3) is 0.312. The monoisotopic (exact) mass is 256 g/mol. The third-order valence-corrected chi connectivity index (χ3v) is 3.24. The zero-order valence-corrected chi connectivity index (χ0v) is 11.7. The van der Waals surface area contributed by atoms with Crippen molar-refractivity contribution in [2.45, 2.75) is 19.9 Å². The lowest BCUT2D eigenvalue weighted by Gasteiger charge is -2.21. The molecule has 0 saturated heterocycles. The molecule has 1 heterocycles. The zero-order chi connectivity index (χ0) is 13.7. The molecule has 19 heavy (non-hydrogen) atoms. The van der Waals surface area contributed by atoms with E-state index in [2.05, 4.69) is 48.4 Å². The van der Waals surface area contributed by atoms with Gasteiger partial charge in [-0.2, -0.15) is 0 Å². The molecule has 0 amide bonds. The van der Waals surface area contributed by atoms with E-state index in [1.165, 1.54) is 16.7 Å². The Hall–Kier alpha value is -1.87. The lowest BCUT2D eigenvalue weighted by Crippen LogP contribution is -2.22. The van der Waals surface area contributed by atoms with Crippen LogP contribution in [0.25, 0.3) is 0 Å². The van der Waals surface area contributed by atoms with Crippen LogP contribution in [0.3, 0.4) is 0 Å². The number of hydrogen-bond acceptors (Lipinski definition) is 3. The Balaban J connectivity index is 2.39. The fourth-order valence-electron chi connectivity index (χ4n) is 2.27. The summed E-state index contributed by atoms with van der Waals surface area (Å²) in [5.41, 5.74) is 3.72. The summed E-state index contributed by atoms with van der Waals surface area (Å²) in [7, 11) is 1.69. The summed E-state index contributed by atoms with van der Waals surface area (Å²) in [5.74, 6) is 0.895. The van der Waals surface area contributed by atoms with E-state index in [0.717, 1.165) is 12.3 Å². The molecule has 2 rings (SSSR count).